The van der Waals surface area contributed by atoms with Gasteiger partial charge in [0.25, 0.3) is 0 Å². The molecular weight excluding hydrogens is 288 g/mol. The maximum atomic E-state index is 10.9. The van der Waals surface area contributed by atoms with Crippen LogP contribution in [0.25, 0.3) is 0 Å². The molecule has 5 N–H and O–H groups in total. The topological polar surface area (TPSA) is 118 Å². The third-order valence-electron chi connectivity index (χ3n) is 3.32. The van der Waals surface area contributed by atoms with Crippen LogP contribution >= 0.6 is 0 Å². The second-order valence-corrected chi connectivity index (χ2v) is 4.86. The Morgan fingerprint density at radius 3 is 1.82 bits per heavy atom. The Labute approximate surface area is 126 Å². The molecule has 0 aliphatic heterocycles. The van der Waals surface area contributed by atoms with Gasteiger partial charge in [0.05, 0.1) is 5.56 Å². The number of carbonyl (C=O) groups is 1. The summed E-state index contributed by atoms with van der Waals surface area (Å²) in [5, 5.41) is 47.6. The molecule has 2 unspecified atom stereocenters. The summed E-state index contributed by atoms with van der Waals surface area (Å²) in [6.07, 6.45) is -4.35. The fourth-order valence-corrected chi connectivity index (χ4v) is 2.12. The summed E-state index contributed by atoms with van der Waals surface area (Å²) in [6.45, 7) is 0. The van der Waals surface area contributed by atoms with E-state index in [0.29, 0.717) is 5.56 Å². The van der Waals surface area contributed by atoms with Crippen LogP contribution in [0.15, 0.2) is 48.5 Å². The molecule has 0 saturated carbocycles. The average molecular weight is 304 g/mol. The maximum Gasteiger partial charge on any atom is 0.335 e. The Kier molecular flexibility index (Phi) is 4.89. The van der Waals surface area contributed by atoms with Crippen LogP contribution in [0.4, 0.5) is 0 Å². The van der Waals surface area contributed by atoms with E-state index in [2.05, 4.69) is 0 Å². The molecule has 22 heavy (non-hydrogen) atoms. The Balaban J connectivity index is 2.28. The molecule has 0 aliphatic carbocycles. The molecule has 2 rings (SSSR count). The van der Waals surface area contributed by atoms with Crippen LogP contribution < -0.4 is 0 Å². The SMILES string of the molecule is O=C(O)c1cccc(C(O)C(O)c2cccc(C(O)O)c2)c1. The van der Waals surface area contributed by atoms with Crippen molar-refractivity contribution in [3.63, 3.8) is 0 Å². The van der Waals surface area contributed by atoms with Crippen molar-refractivity contribution < 1.29 is 30.3 Å². The number of hydrogen-bond acceptors (Lipinski definition) is 5. The molecule has 0 amide bonds. The number of aromatic carboxylic acids is 1. The smallest absolute Gasteiger partial charge is 0.335 e. The van der Waals surface area contributed by atoms with Crippen LogP contribution in [0, 0.1) is 0 Å². The second kappa shape index (κ2) is 6.67. The molecule has 0 radical (unpaired) electrons. The van der Waals surface area contributed by atoms with Crippen LogP contribution in [-0.4, -0.2) is 31.5 Å². The Morgan fingerprint density at radius 2 is 1.27 bits per heavy atom. The van der Waals surface area contributed by atoms with E-state index < -0.39 is 24.5 Å². The normalized spacial score (nSPS) is 13.9. The van der Waals surface area contributed by atoms with Crippen LogP contribution in [0.1, 0.15) is 45.5 Å². The zero-order chi connectivity index (χ0) is 16.3. The summed E-state index contributed by atoms with van der Waals surface area (Å²) in [5.74, 6) is -1.13. The molecule has 2 aromatic carbocycles. The van der Waals surface area contributed by atoms with Crippen LogP contribution in [0.2, 0.25) is 0 Å². The van der Waals surface area contributed by atoms with Crippen molar-refractivity contribution >= 4 is 5.97 Å². The van der Waals surface area contributed by atoms with E-state index in [4.69, 9.17) is 15.3 Å². The lowest BCUT2D eigenvalue weighted by Crippen LogP contribution is -2.12. The Morgan fingerprint density at radius 1 is 0.773 bits per heavy atom. The van der Waals surface area contributed by atoms with Gasteiger partial charge in [-0.2, -0.15) is 0 Å². The predicted octanol–water partition coefficient (Wildman–Crippen LogP) is 1.13. The molecule has 2 atom stereocenters. The van der Waals surface area contributed by atoms with Gasteiger partial charge in [-0.3, -0.25) is 0 Å². The number of hydrogen-bond donors (Lipinski definition) is 5. The summed E-state index contributed by atoms with van der Waals surface area (Å²) >= 11 is 0. The molecule has 0 spiro atoms. The Bertz CT molecular complexity index is 667. The van der Waals surface area contributed by atoms with Crippen molar-refractivity contribution in [2.45, 2.75) is 18.5 Å². The van der Waals surface area contributed by atoms with Crippen molar-refractivity contribution in [3.8, 4) is 0 Å². The third-order valence-corrected chi connectivity index (χ3v) is 3.32. The predicted molar refractivity (Wildman–Crippen MR) is 76.9 cm³/mol. The molecule has 0 aliphatic rings. The quantitative estimate of drug-likeness (QED) is 0.529. The second-order valence-electron chi connectivity index (χ2n) is 4.86. The number of carboxylic acids is 1. The van der Waals surface area contributed by atoms with Gasteiger partial charge in [0, 0.05) is 5.56 Å². The van der Waals surface area contributed by atoms with Gasteiger partial charge >= 0.3 is 5.97 Å². The highest BCUT2D eigenvalue weighted by atomic mass is 16.5. The van der Waals surface area contributed by atoms with Gasteiger partial charge in [0.15, 0.2) is 6.29 Å². The molecule has 0 heterocycles. The zero-order valence-corrected chi connectivity index (χ0v) is 11.5. The van der Waals surface area contributed by atoms with Crippen LogP contribution in [-0.2, 0) is 0 Å². The van der Waals surface area contributed by atoms with Gasteiger partial charge in [-0.25, -0.2) is 4.79 Å². The van der Waals surface area contributed by atoms with Crippen molar-refractivity contribution in [3.05, 3.63) is 70.8 Å². The molecule has 116 valence electrons. The third kappa shape index (κ3) is 3.49. The minimum absolute atomic E-state index is 0.00304. The molecule has 0 bridgehead atoms. The van der Waals surface area contributed by atoms with Gasteiger partial charge < -0.3 is 25.5 Å². The van der Waals surface area contributed by atoms with E-state index in [0.717, 1.165) is 0 Å². The lowest BCUT2D eigenvalue weighted by atomic mass is 9.96. The van der Waals surface area contributed by atoms with Gasteiger partial charge in [-0.15, -0.1) is 0 Å². The molecule has 2 aromatic rings. The van der Waals surface area contributed by atoms with E-state index in [9.17, 15) is 15.0 Å². The molecule has 6 heteroatoms. The van der Waals surface area contributed by atoms with Crippen molar-refractivity contribution in [2.24, 2.45) is 0 Å². The highest BCUT2D eigenvalue weighted by Gasteiger charge is 2.22. The largest absolute Gasteiger partial charge is 0.478 e. The van der Waals surface area contributed by atoms with E-state index in [1.165, 1.54) is 48.5 Å². The highest BCUT2D eigenvalue weighted by Crippen LogP contribution is 2.30. The first-order valence-corrected chi connectivity index (χ1v) is 6.55. The Hall–Kier alpha value is -2.25. The zero-order valence-electron chi connectivity index (χ0n) is 11.5. The summed E-state index contributed by atoms with van der Waals surface area (Å²) in [5.41, 5.74) is 0.729. The van der Waals surface area contributed by atoms with Crippen molar-refractivity contribution in [1.82, 2.24) is 0 Å². The lowest BCUT2D eigenvalue weighted by molar-refractivity contribution is -0.0428. The van der Waals surface area contributed by atoms with Gasteiger partial charge in [0.2, 0.25) is 0 Å². The molecule has 0 saturated heterocycles. The monoisotopic (exact) mass is 304 g/mol. The highest BCUT2D eigenvalue weighted by molar-refractivity contribution is 5.87. The van der Waals surface area contributed by atoms with E-state index in [-0.39, 0.29) is 16.7 Å². The summed E-state index contributed by atoms with van der Waals surface area (Å²) in [6, 6.07) is 11.5. The fourth-order valence-electron chi connectivity index (χ4n) is 2.12. The van der Waals surface area contributed by atoms with E-state index >= 15 is 0 Å². The first kappa shape index (κ1) is 16.1. The van der Waals surface area contributed by atoms with Crippen molar-refractivity contribution in [1.29, 1.82) is 0 Å². The molecule has 0 aromatic heterocycles. The summed E-state index contributed by atoms with van der Waals surface area (Å²) in [4.78, 5) is 10.9. The number of aliphatic hydroxyl groups excluding tert-OH is 3. The molecule has 0 fully saturated rings. The van der Waals surface area contributed by atoms with Gasteiger partial charge in [0.1, 0.15) is 12.2 Å². The van der Waals surface area contributed by atoms with E-state index in [1.54, 1.807) is 0 Å². The number of benzene rings is 2. The lowest BCUT2D eigenvalue weighted by Gasteiger charge is -2.19. The minimum atomic E-state index is -1.68. The maximum absolute atomic E-state index is 10.9. The molecular formula is C16H16O6. The van der Waals surface area contributed by atoms with Crippen molar-refractivity contribution in [2.75, 3.05) is 0 Å². The number of aliphatic hydroxyl groups is 4. The van der Waals surface area contributed by atoms with E-state index in [1.807, 2.05) is 0 Å². The fraction of sp³-hybridized carbons (Fsp3) is 0.188. The number of rotatable bonds is 5. The first-order chi connectivity index (χ1) is 10.4. The number of carboxylic acid groups (broad SMARTS) is 1. The standard InChI is InChI=1S/C16H16O6/c17-13(9-3-1-5-11(7-9)15(19)20)14(18)10-4-2-6-12(8-10)16(21)22/h1-8,13-15,17-20H,(H,21,22). The minimum Gasteiger partial charge on any atom is -0.478 e. The van der Waals surface area contributed by atoms with Gasteiger partial charge in [-0.1, -0.05) is 30.3 Å². The van der Waals surface area contributed by atoms with Gasteiger partial charge in [-0.05, 0) is 29.3 Å². The summed E-state index contributed by atoms with van der Waals surface area (Å²) < 4.78 is 0. The van der Waals surface area contributed by atoms with Crippen LogP contribution in [0.3, 0.4) is 0 Å². The average Bonchev–Trinajstić information content (AvgIpc) is 2.53. The first-order valence-electron chi connectivity index (χ1n) is 6.55. The van der Waals surface area contributed by atoms with Crippen LogP contribution in [0.5, 0.6) is 0 Å². The summed E-state index contributed by atoms with van der Waals surface area (Å²) in [7, 11) is 0. The molecule has 6 nitrogen and oxygen atoms in total.